The number of hydrogen-bond acceptors (Lipinski definition) is 3. The fourth-order valence-corrected chi connectivity index (χ4v) is 3.53. The average molecular weight is 345 g/mol. The van der Waals surface area contributed by atoms with Crippen LogP contribution in [0, 0.1) is 0 Å². The average Bonchev–Trinajstić information content (AvgIpc) is 2.62. The lowest BCUT2D eigenvalue weighted by Gasteiger charge is -2.33. The Bertz CT molecular complexity index is 627. The van der Waals surface area contributed by atoms with Gasteiger partial charge in [-0.2, -0.15) is 0 Å². The molecule has 1 atom stereocenters. The molecule has 2 aromatic carbocycles. The van der Waals surface area contributed by atoms with Crippen molar-refractivity contribution in [2.24, 2.45) is 0 Å². The van der Waals surface area contributed by atoms with E-state index in [1.165, 1.54) is 5.56 Å². The topological polar surface area (TPSA) is 35.5 Å². The van der Waals surface area contributed by atoms with Crippen molar-refractivity contribution in [2.45, 2.75) is 31.5 Å². The highest BCUT2D eigenvalue weighted by Gasteiger charge is 2.20. The Morgan fingerprint density at radius 3 is 2.42 bits per heavy atom. The molecule has 128 valence electrons. The first-order valence-corrected chi connectivity index (χ1v) is 9.02. The zero-order valence-electron chi connectivity index (χ0n) is 13.9. The number of rotatable bonds is 6. The van der Waals surface area contributed by atoms with Gasteiger partial charge in [0.05, 0.1) is 6.10 Å². The minimum Gasteiger partial charge on any atom is -0.387 e. The molecular weight excluding hydrogens is 320 g/mol. The van der Waals surface area contributed by atoms with Gasteiger partial charge < -0.3 is 10.4 Å². The molecule has 0 aliphatic carbocycles. The highest BCUT2D eigenvalue weighted by Crippen LogP contribution is 2.22. The van der Waals surface area contributed by atoms with Gasteiger partial charge in [-0.05, 0) is 37.6 Å². The normalized spacial score (nSPS) is 17.8. The van der Waals surface area contributed by atoms with Crippen molar-refractivity contribution in [2.75, 3.05) is 19.6 Å². The number of likely N-dealkylation sites (tertiary alicyclic amines) is 1. The lowest BCUT2D eigenvalue weighted by atomic mass is 10.0. The van der Waals surface area contributed by atoms with Crippen LogP contribution in [0.15, 0.2) is 54.6 Å². The predicted molar refractivity (Wildman–Crippen MR) is 99.2 cm³/mol. The molecule has 1 aliphatic rings. The van der Waals surface area contributed by atoms with Crippen LogP contribution >= 0.6 is 11.6 Å². The molecule has 0 radical (unpaired) electrons. The number of piperidine rings is 1. The quantitative estimate of drug-likeness (QED) is 0.840. The number of benzene rings is 2. The van der Waals surface area contributed by atoms with Crippen LogP contribution in [-0.4, -0.2) is 35.7 Å². The Labute approximate surface area is 149 Å². The van der Waals surface area contributed by atoms with Crippen LogP contribution in [0.3, 0.4) is 0 Å². The molecule has 2 aromatic rings. The minimum atomic E-state index is -0.555. The number of aliphatic hydroxyl groups is 1. The van der Waals surface area contributed by atoms with E-state index < -0.39 is 6.10 Å². The maximum atomic E-state index is 10.3. The molecule has 3 nitrogen and oxygen atoms in total. The third-order valence-electron chi connectivity index (χ3n) is 4.70. The SMILES string of the molecule is OC(CNC1CCN(Cc2ccccc2)CC1)c1ccccc1Cl. The number of hydrogen-bond donors (Lipinski definition) is 2. The first-order chi connectivity index (χ1) is 11.7. The van der Waals surface area contributed by atoms with E-state index >= 15 is 0 Å². The van der Waals surface area contributed by atoms with E-state index in [9.17, 15) is 5.11 Å². The van der Waals surface area contributed by atoms with E-state index in [2.05, 4.69) is 40.5 Å². The summed E-state index contributed by atoms with van der Waals surface area (Å²) in [4.78, 5) is 2.50. The smallest absolute Gasteiger partial charge is 0.0928 e. The molecule has 0 spiro atoms. The first kappa shape index (κ1) is 17.4. The second-order valence-electron chi connectivity index (χ2n) is 6.48. The summed E-state index contributed by atoms with van der Waals surface area (Å²) < 4.78 is 0. The number of halogens is 1. The fourth-order valence-electron chi connectivity index (χ4n) is 3.27. The zero-order valence-corrected chi connectivity index (χ0v) is 14.6. The van der Waals surface area contributed by atoms with Crippen molar-refractivity contribution in [1.82, 2.24) is 10.2 Å². The lowest BCUT2D eigenvalue weighted by molar-refractivity contribution is 0.149. The Morgan fingerprint density at radius 2 is 1.71 bits per heavy atom. The van der Waals surface area contributed by atoms with Crippen molar-refractivity contribution in [3.8, 4) is 0 Å². The molecule has 0 aromatic heterocycles. The standard InChI is InChI=1S/C20H25ClN2O/c21-19-9-5-4-8-18(19)20(24)14-22-17-10-12-23(13-11-17)15-16-6-2-1-3-7-16/h1-9,17,20,22,24H,10-15H2. The van der Waals surface area contributed by atoms with Gasteiger partial charge in [0.25, 0.3) is 0 Å². The summed E-state index contributed by atoms with van der Waals surface area (Å²) in [5.74, 6) is 0. The van der Waals surface area contributed by atoms with E-state index in [4.69, 9.17) is 11.6 Å². The van der Waals surface area contributed by atoms with E-state index in [0.29, 0.717) is 17.6 Å². The van der Waals surface area contributed by atoms with Crippen LogP contribution in [0.5, 0.6) is 0 Å². The molecule has 4 heteroatoms. The molecular formula is C20H25ClN2O. The second kappa shape index (κ2) is 8.63. The molecule has 0 saturated carbocycles. The maximum Gasteiger partial charge on any atom is 0.0928 e. The van der Waals surface area contributed by atoms with Crippen molar-refractivity contribution in [3.63, 3.8) is 0 Å². The molecule has 2 N–H and O–H groups in total. The van der Waals surface area contributed by atoms with Gasteiger partial charge >= 0.3 is 0 Å². The molecule has 24 heavy (non-hydrogen) atoms. The van der Waals surface area contributed by atoms with Crippen LogP contribution in [0.4, 0.5) is 0 Å². The Hall–Kier alpha value is -1.39. The Morgan fingerprint density at radius 1 is 1.04 bits per heavy atom. The summed E-state index contributed by atoms with van der Waals surface area (Å²) in [6.07, 6.45) is 1.67. The van der Waals surface area contributed by atoms with Crippen LogP contribution in [0.2, 0.25) is 5.02 Å². The van der Waals surface area contributed by atoms with E-state index in [-0.39, 0.29) is 0 Å². The Kier molecular flexibility index (Phi) is 6.27. The predicted octanol–water partition coefficient (Wildman–Crippen LogP) is 3.63. The third kappa shape index (κ3) is 4.81. The van der Waals surface area contributed by atoms with Crippen LogP contribution in [0.25, 0.3) is 0 Å². The molecule has 0 bridgehead atoms. The molecule has 1 heterocycles. The summed E-state index contributed by atoms with van der Waals surface area (Å²) in [5, 5.41) is 14.4. The van der Waals surface area contributed by atoms with Gasteiger partial charge in [-0.1, -0.05) is 60.1 Å². The summed E-state index contributed by atoms with van der Waals surface area (Å²) in [6, 6.07) is 18.6. The summed E-state index contributed by atoms with van der Waals surface area (Å²) in [6.45, 7) is 3.76. The van der Waals surface area contributed by atoms with Gasteiger partial charge in [0, 0.05) is 29.7 Å². The van der Waals surface area contributed by atoms with Gasteiger partial charge in [0.1, 0.15) is 0 Å². The number of aliphatic hydroxyl groups excluding tert-OH is 1. The van der Waals surface area contributed by atoms with Gasteiger partial charge in [-0.25, -0.2) is 0 Å². The zero-order chi connectivity index (χ0) is 16.8. The van der Waals surface area contributed by atoms with E-state index in [1.54, 1.807) is 0 Å². The molecule has 1 saturated heterocycles. The van der Waals surface area contributed by atoms with E-state index in [1.807, 2.05) is 24.3 Å². The summed E-state index contributed by atoms with van der Waals surface area (Å²) in [5.41, 5.74) is 2.17. The van der Waals surface area contributed by atoms with Crippen LogP contribution < -0.4 is 5.32 Å². The van der Waals surface area contributed by atoms with Crippen LogP contribution in [-0.2, 0) is 6.54 Å². The van der Waals surface area contributed by atoms with Gasteiger partial charge in [-0.15, -0.1) is 0 Å². The van der Waals surface area contributed by atoms with Gasteiger partial charge in [0.15, 0.2) is 0 Å². The highest BCUT2D eigenvalue weighted by atomic mass is 35.5. The molecule has 1 aliphatic heterocycles. The monoisotopic (exact) mass is 344 g/mol. The molecule has 3 rings (SSSR count). The van der Waals surface area contributed by atoms with Crippen molar-refractivity contribution in [3.05, 3.63) is 70.7 Å². The highest BCUT2D eigenvalue weighted by molar-refractivity contribution is 6.31. The second-order valence-corrected chi connectivity index (χ2v) is 6.89. The van der Waals surface area contributed by atoms with Gasteiger partial charge in [0.2, 0.25) is 0 Å². The van der Waals surface area contributed by atoms with E-state index in [0.717, 1.165) is 38.0 Å². The lowest BCUT2D eigenvalue weighted by Crippen LogP contribution is -2.43. The van der Waals surface area contributed by atoms with Crippen LogP contribution in [0.1, 0.15) is 30.1 Å². The summed E-state index contributed by atoms with van der Waals surface area (Å²) >= 11 is 6.14. The van der Waals surface area contributed by atoms with Crippen molar-refractivity contribution in [1.29, 1.82) is 0 Å². The fraction of sp³-hybridized carbons (Fsp3) is 0.400. The number of nitrogens with one attached hydrogen (secondary N) is 1. The molecule has 1 fully saturated rings. The van der Waals surface area contributed by atoms with Crippen molar-refractivity contribution < 1.29 is 5.11 Å². The maximum absolute atomic E-state index is 10.3. The van der Waals surface area contributed by atoms with Gasteiger partial charge in [-0.3, -0.25) is 4.90 Å². The molecule has 1 unspecified atom stereocenters. The van der Waals surface area contributed by atoms with Crippen molar-refractivity contribution >= 4 is 11.6 Å². The largest absolute Gasteiger partial charge is 0.387 e. The third-order valence-corrected chi connectivity index (χ3v) is 5.04. The number of nitrogens with zero attached hydrogens (tertiary/aromatic N) is 1. The minimum absolute atomic E-state index is 0.467. The first-order valence-electron chi connectivity index (χ1n) is 8.64. The Balaban J connectivity index is 1.42. The summed E-state index contributed by atoms with van der Waals surface area (Å²) in [7, 11) is 0. The molecule has 0 amide bonds.